The van der Waals surface area contributed by atoms with Crippen LogP contribution in [0.1, 0.15) is 45.4 Å². The van der Waals surface area contributed by atoms with Crippen molar-refractivity contribution in [2.75, 3.05) is 6.61 Å². The van der Waals surface area contributed by atoms with E-state index in [0.29, 0.717) is 12.5 Å². The number of ether oxygens (including phenoxy) is 1. The third-order valence-corrected chi connectivity index (χ3v) is 4.11. The van der Waals surface area contributed by atoms with Crippen LogP contribution in [0.4, 0.5) is 13.2 Å². The lowest BCUT2D eigenvalue weighted by Crippen LogP contribution is -2.20. The highest BCUT2D eigenvalue weighted by Gasteiger charge is 2.21. The Kier molecular flexibility index (Phi) is 5.32. The number of benzene rings is 1. The first-order valence-electron chi connectivity index (χ1n) is 7.37. The van der Waals surface area contributed by atoms with Gasteiger partial charge in [-0.2, -0.15) is 0 Å². The second-order valence-electron chi connectivity index (χ2n) is 5.69. The van der Waals surface area contributed by atoms with E-state index in [9.17, 15) is 13.2 Å². The maximum absolute atomic E-state index is 13.0. The highest BCUT2D eigenvalue weighted by atomic mass is 19.2. The van der Waals surface area contributed by atoms with Gasteiger partial charge in [0.2, 0.25) is 0 Å². The molecule has 1 aromatic carbocycles. The molecule has 0 saturated heterocycles. The van der Waals surface area contributed by atoms with Crippen molar-refractivity contribution in [1.29, 1.82) is 0 Å². The van der Waals surface area contributed by atoms with Crippen molar-refractivity contribution >= 4 is 0 Å². The molecule has 0 aliphatic heterocycles. The van der Waals surface area contributed by atoms with Crippen molar-refractivity contribution in [3.05, 3.63) is 29.6 Å². The van der Waals surface area contributed by atoms with Gasteiger partial charge in [0.05, 0.1) is 6.61 Å². The third kappa shape index (κ3) is 3.90. The van der Waals surface area contributed by atoms with Crippen LogP contribution >= 0.6 is 0 Å². The molecule has 0 radical (unpaired) electrons. The fourth-order valence-electron chi connectivity index (χ4n) is 2.92. The Morgan fingerprint density at radius 2 is 1.55 bits per heavy atom. The normalized spacial score (nSPS) is 22.8. The third-order valence-electron chi connectivity index (χ3n) is 4.11. The van der Waals surface area contributed by atoms with Gasteiger partial charge in [0.1, 0.15) is 5.75 Å². The van der Waals surface area contributed by atoms with Crippen LogP contribution in [0, 0.1) is 29.3 Å². The minimum absolute atomic E-state index is 0.0667. The second-order valence-corrected chi connectivity index (χ2v) is 5.69. The monoisotopic (exact) mass is 286 g/mol. The lowest BCUT2D eigenvalue weighted by molar-refractivity contribution is 0.177. The molecule has 1 aliphatic rings. The molecule has 1 aliphatic carbocycles. The number of hydrogen-bond acceptors (Lipinski definition) is 1. The van der Waals surface area contributed by atoms with Crippen LogP contribution in [0.5, 0.6) is 5.75 Å². The molecular formula is C16H21F3O. The molecule has 0 unspecified atom stereocenters. The zero-order valence-electron chi connectivity index (χ0n) is 11.8. The number of rotatable bonds is 5. The van der Waals surface area contributed by atoms with E-state index in [-0.39, 0.29) is 5.75 Å². The molecule has 1 saturated carbocycles. The van der Waals surface area contributed by atoms with Crippen molar-refractivity contribution in [3.63, 3.8) is 0 Å². The van der Waals surface area contributed by atoms with Crippen LogP contribution < -0.4 is 4.74 Å². The first-order valence-corrected chi connectivity index (χ1v) is 7.37. The van der Waals surface area contributed by atoms with Gasteiger partial charge >= 0.3 is 0 Å². The summed E-state index contributed by atoms with van der Waals surface area (Å²) in [6.45, 7) is 2.65. The van der Waals surface area contributed by atoms with E-state index >= 15 is 0 Å². The van der Waals surface area contributed by atoms with Crippen molar-refractivity contribution < 1.29 is 17.9 Å². The van der Waals surface area contributed by atoms with Crippen LogP contribution in [0.25, 0.3) is 0 Å². The lowest BCUT2D eigenvalue weighted by Gasteiger charge is -2.28. The van der Waals surface area contributed by atoms with E-state index in [1.165, 1.54) is 25.7 Å². The van der Waals surface area contributed by atoms with Gasteiger partial charge in [-0.25, -0.2) is 13.2 Å². The van der Waals surface area contributed by atoms with Crippen molar-refractivity contribution in [3.8, 4) is 5.75 Å². The minimum atomic E-state index is -1.45. The zero-order chi connectivity index (χ0) is 14.5. The number of hydrogen-bond donors (Lipinski definition) is 0. The SMILES string of the molecule is CCCC1CCC(COc2cc(F)c(F)c(F)c2)CC1. The first kappa shape index (κ1) is 15.2. The van der Waals surface area contributed by atoms with E-state index in [4.69, 9.17) is 4.74 Å². The molecular weight excluding hydrogens is 265 g/mol. The van der Waals surface area contributed by atoms with Gasteiger partial charge in [-0.3, -0.25) is 0 Å². The Morgan fingerprint density at radius 1 is 1.00 bits per heavy atom. The van der Waals surface area contributed by atoms with E-state index in [1.807, 2.05) is 0 Å². The van der Waals surface area contributed by atoms with Gasteiger partial charge < -0.3 is 4.74 Å². The topological polar surface area (TPSA) is 9.23 Å². The fraction of sp³-hybridized carbons (Fsp3) is 0.625. The predicted molar refractivity (Wildman–Crippen MR) is 72.2 cm³/mol. The summed E-state index contributed by atoms with van der Waals surface area (Å²) in [7, 11) is 0. The Morgan fingerprint density at radius 3 is 2.10 bits per heavy atom. The molecule has 2 rings (SSSR count). The van der Waals surface area contributed by atoms with E-state index < -0.39 is 17.5 Å². The molecule has 0 N–H and O–H groups in total. The summed E-state index contributed by atoms with van der Waals surface area (Å²) in [5.41, 5.74) is 0. The smallest absolute Gasteiger partial charge is 0.194 e. The molecule has 0 aromatic heterocycles. The summed E-state index contributed by atoms with van der Waals surface area (Å²) in [5, 5.41) is 0. The van der Waals surface area contributed by atoms with Crippen LogP contribution in [-0.2, 0) is 0 Å². The summed E-state index contributed by atoms with van der Waals surface area (Å²) in [6.07, 6.45) is 7.09. The zero-order valence-corrected chi connectivity index (χ0v) is 11.8. The molecule has 1 fully saturated rings. The van der Waals surface area contributed by atoms with Gasteiger partial charge in [-0.05, 0) is 24.7 Å². The van der Waals surface area contributed by atoms with Gasteiger partial charge in [-0.1, -0.05) is 32.6 Å². The van der Waals surface area contributed by atoms with Crippen molar-refractivity contribution in [2.45, 2.75) is 45.4 Å². The maximum atomic E-state index is 13.0. The summed E-state index contributed by atoms with van der Waals surface area (Å²) in [6, 6.07) is 1.81. The number of halogens is 3. The highest BCUT2D eigenvalue weighted by Crippen LogP contribution is 2.32. The Balaban J connectivity index is 1.82. The standard InChI is InChI=1S/C16H21F3O/c1-2-3-11-4-6-12(7-5-11)10-20-13-8-14(17)16(19)15(18)9-13/h8-9,11-12H,2-7,10H2,1H3. The van der Waals surface area contributed by atoms with E-state index in [2.05, 4.69) is 6.92 Å². The van der Waals surface area contributed by atoms with Gasteiger partial charge in [0.15, 0.2) is 17.5 Å². The quantitative estimate of drug-likeness (QED) is 0.685. The average molecular weight is 286 g/mol. The Hall–Kier alpha value is -1.19. The molecule has 0 bridgehead atoms. The minimum Gasteiger partial charge on any atom is -0.493 e. The molecule has 1 nitrogen and oxygen atoms in total. The van der Waals surface area contributed by atoms with Crippen LogP contribution in [0.2, 0.25) is 0 Å². The molecule has 0 heterocycles. The van der Waals surface area contributed by atoms with Crippen LogP contribution in [-0.4, -0.2) is 6.61 Å². The summed E-state index contributed by atoms with van der Waals surface area (Å²) < 4.78 is 44.3. The molecule has 20 heavy (non-hydrogen) atoms. The molecule has 0 spiro atoms. The first-order chi connectivity index (χ1) is 9.60. The molecule has 1 aromatic rings. The molecule has 0 atom stereocenters. The fourth-order valence-corrected chi connectivity index (χ4v) is 2.92. The van der Waals surface area contributed by atoms with E-state index in [0.717, 1.165) is 30.9 Å². The molecule has 4 heteroatoms. The van der Waals surface area contributed by atoms with Crippen molar-refractivity contribution in [1.82, 2.24) is 0 Å². The Labute approximate surface area is 118 Å². The Bertz CT molecular complexity index is 416. The van der Waals surface area contributed by atoms with Gasteiger partial charge in [-0.15, -0.1) is 0 Å². The van der Waals surface area contributed by atoms with Gasteiger partial charge in [0.25, 0.3) is 0 Å². The maximum Gasteiger partial charge on any atom is 0.194 e. The largest absolute Gasteiger partial charge is 0.493 e. The lowest BCUT2D eigenvalue weighted by atomic mass is 9.80. The second kappa shape index (κ2) is 7.00. The van der Waals surface area contributed by atoms with Crippen molar-refractivity contribution in [2.24, 2.45) is 11.8 Å². The molecule has 0 amide bonds. The van der Waals surface area contributed by atoms with Gasteiger partial charge in [0, 0.05) is 12.1 Å². The average Bonchev–Trinajstić information content (AvgIpc) is 2.44. The molecule has 112 valence electrons. The predicted octanol–water partition coefficient (Wildman–Crippen LogP) is 5.09. The summed E-state index contributed by atoms with van der Waals surface area (Å²) >= 11 is 0. The summed E-state index contributed by atoms with van der Waals surface area (Å²) in [5.74, 6) is -2.54. The van der Waals surface area contributed by atoms with Crippen LogP contribution in [0.15, 0.2) is 12.1 Å². The summed E-state index contributed by atoms with van der Waals surface area (Å²) in [4.78, 5) is 0. The van der Waals surface area contributed by atoms with E-state index in [1.54, 1.807) is 0 Å². The van der Waals surface area contributed by atoms with Crippen LogP contribution in [0.3, 0.4) is 0 Å². The highest BCUT2D eigenvalue weighted by molar-refractivity contribution is 5.25.